The van der Waals surface area contributed by atoms with E-state index in [-0.39, 0.29) is 17.7 Å². The Kier molecular flexibility index (Phi) is 6.86. The Hall–Kier alpha value is -2.62. The number of hydrogen-bond acceptors (Lipinski definition) is 7. The van der Waals surface area contributed by atoms with Crippen LogP contribution in [0.1, 0.15) is 67.9 Å². The smallest absolute Gasteiger partial charge is 0.253 e. The summed E-state index contributed by atoms with van der Waals surface area (Å²) >= 11 is 0. The highest BCUT2D eigenvalue weighted by Gasteiger charge is 2.35. The molecule has 3 fully saturated rings. The van der Waals surface area contributed by atoms with Crippen molar-refractivity contribution in [1.29, 1.82) is 0 Å². The number of aryl methyl sites for hydroxylation is 1. The number of aromatic amines is 1. The second-order valence-corrected chi connectivity index (χ2v) is 10.7. The van der Waals surface area contributed by atoms with E-state index in [0.717, 1.165) is 67.9 Å². The van der Waals surface area contributed by atoms with E-state index in [1.54, 1.807) is 0 Å². The Morgan fingerprint density at radius 2 is 1.92 bits per heavy atom. The van der Waals surface area contributed by atoms with Gasteiger partial charge in [0.2, 0.25) is 0 Å². The zero-order valence-electron chi connectivity index (χ0n) is 21.2. The summed E-state index contributed by atoms with van der Waals surface area (Å²) in [6, 6.07) is 8.58. The minimum absolute atomic E-state index is 0.0665. The van der Waals surface area contributed by atoms with E-state index in [1.807, 2.05) is 29.8 Å². The summed E-state index contributed by atoms with van der Waals surface area (Å²) in [4.78, 5) is 21.8. The number of rotatable bonds is 6. The van der Waals surface area contributed by atoms with Crippen molar-refractivity contribution < 1.29 is 4.74 Å². The van der Waals surface area contributed by atoms with Crippen molar-refractivity contribution in [3.63, 3.8) is 0 Å². The largest absolute Gasteiger partial charge is 0.376 e. The van der Waals surface area contributed by atoms with Gasteiger partial charge in [-0.05, 0) is 60.0 Å². The Morgan fingerprint density at radius 3 is 2.69 bits per heavy atom. The SMILES string of the molecule is Cc1cccc2cc([C@@H](c3nnnn3C[C@@H]3CCCO3)N3CCN(C4CCCCC4)CC3)c(=O)[nH]c12. The molecule has 3 aromatic rings. The molecule has 0 spiro atoms. The molecule has 3 aliphatic rings. The van der Waals surface area contributed by atoms with Crippen LogP contribution in [0.25, 0.3) is 10.9 Å². The highest BCUT2D eigenvalue weighted by Crippen LogP contribution is 2.30. The predicted octanol–water partition coefficient (Wildman–Crippen LogP) is 3.04. The lowest BCUT2D eigenvalue weighted by molar-refractivity contribution is 0.0593. The molecule has 0 amide bonds. The molecule has 2 atom stereocenters. The van der Waals surface area contributed by atoms with E-state index in [1.165, 1.54) is 32.1 Å². The number of hydrogen-bond donors (Lipinski definition) is 1. The highest BCUT2D eigenvalue weighted by atomic mass is 16.5. The molecule has 4 heterocycles. The van der Waals surface area contributed by atoms with Crippen LogP contribution in [0.3, 0.4) is 0 Å². The van der Waals surface area contributed by atoms with Gasteiger partial charge in [-0.2, -0.15) is 0 Å². The van der Waals surface area contributed by atoms with Gasteiger partial charge in [-0.1, -0.05) is 37.5 Å². The first-order chi connectivity index (χ1) is 17.7. The minimum Gasteiger partial charge on any atom is -0.376 e. The van der Waals surface area contributed by atoms with Crippen molar-refractivity contribution >= 4 is 10.9 Å². The maximum absolute atomic E-state index is 13.5. The molecular formula is C27H37N7O2. The average Bonchev–Trinajstić information content (AvgIpc) is 3.59. The third-order valence-electron chi connectivity index (χ3n) is 8.42. The number of para-hydroxylation sites is 1. The minimum atomic E-state index is -0.302. The monoisotopic (exact) mass is 491 g/mol. The van der Waals surface area contributed by atoms with Crippen LogP contribution in [0.5, 0.6) is 0 Å². The average molecular weight is 492 g/mol. The van der Waals surface area contributed by atoms with Gasteiger partial charge in [0, 0.05) is 44.4 Å². The van der Waals surface area contributed by atoms with Crippen molar-refractivity contribution in [1.82, 2.24) is 35.0 Å². The number of nitrogens with zero attached hydrogens (tertiary/aromatic N) is 6. The van der Waals surface area contributed by atoms with Crippen molar-refractivity contribution in [3.8, 4) is 0 Å². The zero-order chi connectivity index (χ0) is 24.5. The van der Waals surface area contributed by atoms with Crippen LogP contribution in [0, 0.1) is 6.92 Å². The number of aromatic nitrogens is 5. The van der Waals surface area contributed by atoms with E-state index in [9.17, 15) is 4.79 Å². The number of tetrazole rings is 1. The molecule has 2 saturated heterocycles. The van der Waals surface area contributed by atoms with E-state index in [4.69, 9.17) is 4.74 Å². The van der Waals surface area contributed by atoms with Gasteiger partial charge >= 0.3 is 0 Å². The Morgan fingerprint density at radius 1 is 1.08 bits per heavy atom. The van der Waals surface area contributed by atoms with Crippen molar-refractivity contribution in [2.45, 2.75) is 76.6 Å². The van der Waals surface area contributed by atoms with E-state index >= 15 is 0 Å². The number of H-pyrrole nitrogens is 1. The molecule has 2 aliphatic heterocycles. The van der Waals surface area contributed by atoms with E-state index in [0.29, 0.717) is 18.2 Å². The number of nitrogens with one attached hydrogen (secondary N) is 1. The molecule has 0 radical (unpaired) electrons. The van der Waals surface area contributed by atoms with Gasteiger partial charge in [-0.3, -0.25) is 14.6 Å². The van der Waals surface area contributed by atoms with Crippen LogP contribution in [-0.2, 0) is 11.3 Å². The first kappa shape index (κ1) is 23.8. The van der Waals surface area contributed by atoms with Crippen molar-refractivity contribution in [3.05, 3.63) is 51.6 Å². The van der Waals surface area contributed by atoms with Crippen LogP contribution in [0.15, 0.2) is 29.1 Å². The van der Waals surface area contributed by atoms with Gasteiger partial charge in [0.15, 0.2) is 5.82 Å². The molecule has 9 nitrogen and oxygen atoms in total. The summed E-state index contributed by atoms with van der Waals surface area (Å²) in [5.41, 5.74) is 2.61. The number of ether oxygens (including phenoxy) is 1. The number of pyridine rings is 1. The second kappa shape index (κ2) is 10.4. The van der Waals surface area contributed by atoms with Gasteiger partial charge in [-0.25, -0.2) is 4.68 Å². The van der Waals surface area contributed by atoms with Gasteiger partial charge in [0.25, 0.3) is 5.56 Å². The number of piperazine rings is 1. The molecule has 0 bridgehead atoms. The molecular weight excluding hydrogens is 454 g/mol. The quantitative estimate of drug-likeness (QED) is 0.567. The molecule has 1 aromatic carbocycles. The number of fused-ring (bicyclic) bond motifs is 1. The number of benzene rings is 1. The molecule has 1 saturated carbocycles. The Labute approximate surface area is 211 Å². The summed E-state index contributed by atoms with van der Waals surface area (Å²) in [5.74, 6) is 0.731. The lowest BCUT2D eigenvalue weighted by Gasteiger charge is -2.43. The highest BCUT2D eigenvalue weighted by molar-refractivity contribution is 5.82. The summed E-state index contributed by atoms with van der Waals surface area (Å²) in [6.07, 6.45) is 8.89. The van der Waals surface area contributed by atoms with E-state index < -0.39 is 0 Å². The van der Waals surface area contributed by atoms with Gasteiger partial charge in [-0.15, -0.1) is 5.10 Å². The lowest BCUT2D eigenvalue weighted by Crippen LogP contribution is -2.52. The van der Waals surface area contributed by atoms with E-state index in [2.05, 4.69) is 36.4 Å². The fourth-order valence-electron chi connectivity index (χ4n) is 6.43. The third-order valence-corrected chi connectivity index (χ3v) is 8.42. The molecule has 6 rings (SSSR count). The molecule has 0 unspecified atom stereocenters. The fraction of sp³-hybridized carbons (Fsp3) is 0.630. The normalized spacial score (nSPS) is 23.4. The first-order valence-electron chi connectivity index (χ1n) is 13.7. The van der Waals surface area contributed by atoms with Crippen LogP contribution in [-0.4, -0.2) is 79.9 Å². The first-order valence-corrected chi connectivity index (χ1v) is 13.7. The summed E-state index contributed by atoms with van der Waals surface area (Å²) in [7, 11) is 0. The Bertz CT molecular complexity index is 1230. The molecule has 1 N–H and O–H groups in total. The molecule has 1 aliphatic carbocycles. The molecule has 36 heavy (non-hydrogen) atoms. The topological polar surface area (TPSA) is 92.2 Å². The summed E-state index contributed by atoms with van der Waals surface area (Å²) in [6.45, 7) is 7.24. The predicted molar refractivity (Wildman–Crippen MR) is 138 cm³/mol. The third kappa shape index (κ3) is 4.71. The van der Waals surface area contributed by atoms with Gasteiger partial charge < -0.3 is 9.72 Å². The van der Waals surface area contributed by atoms with Gasteiger partial charge in [0.1, 0.15) is 6.04 Å². The summed E-state index contributed by atoms with van der Waals surface area (Å²) in [5, 5.41) is 13.9. The zero-order valence-corrected chi connectivity index (χ0v) is 21.2. The standard InChI is InChI=1S/C27H37N7O2/c1-19-7-5-8-20-17-23(27(35)28-24(19)20)25(26-29-30-31-34(26)18-22-11-6-16-36-22)33-14-12-32(13-15-33)21-9-3-2-4-10-21/h5,7-8,17,21-22,25H,2-4,6,9-16,18H2,1H3,(H,28,35)/t22-,25-/m0/s1. The summed E-state index contributed by atoms with van der Waals surface area (Å²) < 4.78 is 7.75. The lowest BCUT2D eigenvalue weighted by atomic mass is 9.93. The van der Waals surface area contributed by atoms with Crippen molar-refractivity contribution in [2.24, 2.45) is 0 Å². The molecule has 192 valence electrons. The molecule has 9 heteroatoms. The van der Waals surface area contributed by atoms with Crippen LogP contribution >= 0.6 is 0 Å². The Balaban J connectivity index is 1.34. The maximum Gasteiger partial charge on any atom is 0.253 e. The fourth-order valence-corrected chi connectivity index (χ4v) is 6.43. The van der Waals surface area contributed by atoms with Crippen LogP contribution in [0.2, 0.25) is 0 Å². The van der Waals surface area contributed by atoms with Crippen LogP contribution in [0.4, 0.5) is 0 Å². The van der Waals surface area contributed by atoms with Crippen LogP contribution < -0.4 is 5.56 Å². The maximum atomic E-state index is 13.5. The van der Waals surface area contributed by atoms with Gasteiger partial charge in [0.05, 0.1) is 18.2 Å². The van der Waals surface area contributed by atoms with Crippen molar-refractivity contribution in [2.75, 3.05) is 32.8 Å². The molecule has 2 aromatic heterocycles. The second-order valence-electron chi connectivity index (χ2n) is 10.7.